The Hall–Kier alpha value is -2.08. The molecule has 0 saturated carbocycles. The van der Waals surface area contributed by atoms with E-state index in [4.69, 9.17) is 0 Å². The van der Waals surface area contributed by atoms with Crippen molar-refractivity contribution < 1.29 is 9.59 Å². The van der Waals surface area contributed by atoms with Crippen molar-refractivity contribution in [1.82, 2.24) is 10.2 Å². The monoisotopic (exact) mass is 360 g/mol. The van der Waals surface area contributed by atoms with E-state index in [1.54, 1.807) is 24.3 Å². The van der Waals surface area contributed by atoms with Gasteiger partial charge in [0.05, 0.1) is 0 Å². The molecule has 3 amide bonds. The normalized spacial score (nSPS) is 17.5. The summed E-state index contributed by atoms with van der Waals surface area (Å²) in [6.07, 6.45) is 1.63. The molecule has 6 heteroatoms. The Morgan fingerprint density at radius 1 is 1.08 bits per heavy atom. The van der Waals surface area contributed by atoms with Crippen molar-refractivity contribution in [3.8, 4) is 0 Å². The lowest BCUT2D eigenvalue weighted by Gasteiger charge is -2.20. The van der Waals surface area contributed by atoms with Gasteiger partial charge in [0.2, 0.25) is 5.91 Å². The molecular weight excluding hydrogens is 328 g/mol. The third kappa shape index (κ3) is 6.67. The molecule has 1 heterocycles. The SMILES string of the molecule is CC(C)CC(=O)Nc1ccc(NC(=O)NCC2CCN(C(C)C)C2)cc1. The number of hydrogen-bond donors (Lipinski definition) is 3. The smallest absolute Gasteiger partial charge is 0.319 e. The van der Waals surface area contributed by atoms with Gasteiger partial charge in [0, 0.05) is 36.9 Å². The summed E-state index contributed by atoms with van der Waals surface area (Å²) >= 11 is 0. The van der Waals surface area contributed by atoms with Gasteiger partial charge < -0.3 is 20.9 Å². The van der Waals surface area contributed by atoms with E-state index in [1.165, 1.54) is 0 Å². The molecule has 1 aliphatic heterocycles. The molecule has 0 spiro atoms. The zero-order chi connectivity index (χ0) is 19.1. The summed E-state index contributed by atoms with van der Waals surface area (Å²) in [5.74, 6) is 0.847. The second-order valence-electron chi connectivity index (χ2n) is 7.80. The van der Waals surface area contributed by atoms with Crippen LogP contribution in [0.4, 0.5) is 16.2 Å². The number of hydrogen-bond acceptors (Lipinski definition) is 3. The summed E-state index contributed by atoms with van der Waals surface area (Å²) in [6.45, 7) is 11.3. The number of amides is 3. The minimum absolute atomic E-state index is 0.00505. The summed E-state index contributed by atoms with van der Waals surface area (Å²) < 4.78 is 0. The van der Waals surface area contributed by atoms with Crippen molar-refractivity contribution in [3.05, 3.63) is 24.3 Å². The molecule has 1 aromatic carbocycles. The molecule has 2 rings (SSSR count). The maximum absolute atomic E-state index is 12.1. The van der Waals surface area contributed by atoms with E-state index in [-0.39, 0.29) is 11.9 Å². The Kier molecular flexibility index (Phi) is 7.45. The molecule has 1 fully saturated rings. The average Bonchev–Trinajstić information content (AvgIpc) is 3.03. The Morgan fingerprint density at radius 3 is 2.23 bits per heavy atom. The maximum atomic E-state index is 12.1. The molecule has 0 bridgehead atoms. The highest BCUT2D eigenvalue weighted by atomic mass is 16.2. The van der Waals surface area contributed by atoms with Gasteiger partial charge in [-0.05, 0) is 62.9 Å². The largest absolute Gasteiger partial charge is 0.338 e. The zero-order valence-electron chi connectivity index (χ0n) is 16.3. The minimum atomic E-state index is -0.190. The molecule has 26 heavy (non-hydrogen) atoms. The molecule has 0 aliphatic carbocycles. The van der Waals surface area contributed by atoms with Crippen LogP contribution in [0.25, 0.3) is 0 Å². The number of benzene rings is 1. The molecule has 0 aromatic heterocycles. The van der Waals surface area contributed by atoms with Crippen LogP contribution >= 0.6 is 0 Å². The number of nitrogens with zero attached hydrogens (tertiary/aromatic N) is 1. The molecule has 0 radical (unpaired) electrons. The fourth-order valence-electron chi connectivity index (χ4n) is 3.13. The first kappa shape index (κ1) is 20.2. The second kappa shape index (κ2) is 9.57. The lowest BCUT2D eigenvalue weighted by atomic mass is 10.1. The first-order chi connectivity index (χ1) is 12.3. The van der Waals surface area contributed by atoms with Crippen LogP contribution in [0.2, 0.25) is 0 Å². The molecule has 1 unspecified atom stereocenters. The van der Waals surface area contributed by atoms with Crippen molar-refractivity contribution in [2.45, 2.75) is 46.6 Å². The maximum Gasteiger partial charge on any atom is 0.319 e. The fraction of sp³-hybridized carbons (Fsp3) is 0.600. The van der Waals surface area contributed by atoms with Crippen LogP contribution < -0.4 is 16.0 Å². The van der Waals surface area contributed by atoms with Crippen molar-refractivity contribution in [2.75, 3.05) is 30.3 Å². The van der Waals surface area contributed by atoms with E-state index in [0.717, 1.165) is 25.2 Å². The van der Waals surface area contributed by atoms with Gasteiger partial charge in [-0.1, -0.05) is 13.8 Å². The summed E-state index contributed by atoms with van der Waals surface area (Å²) in [7, 11) is 0. The molecule has 144 valence electrons. The van der Waals surface area contributed by atoms with Crippen molar-refractivity contribution in [3.63, 3.8) is 0 Å². The molecule has 3 N–H and O–H groups in total. The summed E-state index contributed by atoms with van der Waals surface area (Å²) in [6, 6.07) is 7.55. The van der Waals surface area contributed by atoms with Gasteiger partial charge >= 0.3 is 6.03 Å². The zero-order valence-corrected chi connectivity index (χ0v) is 16.3. The topological polar surface area (TPSA) is 73.5 Å². The van der Waals surface area contributed by atoms with E-state index in [0.29, 0.717) is 36.5 Å². The molecular formula is C20H32N4O2. The van der Waals surface area contributed by atoms with Crippen LogP contribution in [-0.2, 0) is 4.79 Å². The lowest BCUT2D eigenvalue weighted by Crippen LogP contribution is -2.35. The van der Waals surface area contributed by atoms with Crippen LogP contribution in [0.3, 0.4) is 0 Å². The van der Waals surface area contributed by atoms with E-state index < -0.39 is 0 Å². The van der Waals surface area contributed by atoms with Gasteiger partial charge in [0.25, 0.3) is 0 Å². The molecule has 1 atom stereocenters. The fourth-order valence-corrected chi connectivity index (χ4v) is 3.13. The Balaban J connectivity index is 1.73. The Labute approximate surface area is 156 Å². The number of carbonyl (C=O) groups is 2. The second-order valence-corrected chi connectivity index (χ2v) is 7.80. The highest BCUT2D eigenvalue weighted by Gasteiger charge is 2.24. The Bertz CT molecular complexity index is 598. The van der Waals surface area contributed by atoms with Crippen LogP contribution in [0.1, 0.15) is 40.5 Å². The van der Waals surface area contributed by atoms with Crippen molar-refractivity contribution in [2.24, 2.45) is 11.8 Å². The number of anilines is 2. The molecule has 1 aliphatic rings. The quantitative estimate of drug-likeness (QED) is 0.696. The van der Waals surface area contributed by atoms with Crippen LogP contribution in [0.5, 0.6) is 0 Å². The van der Waals surface area contributed by atoms with Gasteiger partial charge in [0.1, 0.15) is 0 Å². The highest BCUT2D eigenvalue weighted by molar-refractivity contribution is 5.92. The predicted molar refractivity (Wildman–Crippen MR) is 106 cm³/mol. The van der Waals surface area contributed by atoms with Crippen molar-refractivity contribution in [1.29, 1.82) is 0 Å². The molecule has 1 aromatic rings. The van der Waals surface area contributed by atoms with E-state index in [2.05, 4.69) is 34.7 Å². The Morgan fingerprint density at radius 2 is 1.69 bits per heavy atom. The first-order valence-corrected chi connectivity index (χ1v) is 9.52. The standard InChI is InChI=1S/C20H32N4O2/c1-14(2)11-19(25)22-17-5-7-18(8-6-17)23-20(26)21-12-16-9-10-24(13-16)15(3)4/h5-8,14-16H,9-13H2,1-4H3,(H,22,25)(H2,21,23,26). The van der Waals surface area contributed by atoms with Crippen LogP contribution in [0.15, 0.2) is 24.3 Å². The van der Waals surface area contributed by atoms with E-state index in [1.807, 2.05) is 13.8 Å². The van der Waals surface area contributed by atoms with Gasteiger partial charge in [-0.25, -0.2) is 4.79 Å². The number of nitrogens with one attached hydrogen (secondary N) is 3. The summed E-state index contributed by atoms with van der Waals surface area (Å²) in [4.78, 5) is 26.3. The average molecular weight is 361 g/mol. The third-order valence-corrected chi connectivity index (χ3v) is 4.62. The van der Waals surface area contributed by atoms with Gasteiger partial charge in [-0.15, -0.1) is 0 Å². The highest BCUT2D eigenvalue weighted by Crippen LogP contribution is 2.18. The van der Waals surface area contributed by atoms with E-state index >= 15 is 0 Å². The first-order valence-electron chi connectivity index (χ1n) is 9.52. The number of carbonyl (C=O) groups excluding carboxylic acids is 2. The lowest BCUT2D eigenvalue weighted by molar-refractivity contribution is -0.116. The predicted octanol–water partition coefficient (Wildman–Crippen LogP) is 3.52. The van der Waals surface area contributed by atoms with Crippen LogP contribution in [-0.4, -0.2) is 42.5 Å². The van der Waals surface area contributed by atoms with Crippen LogP contribution in [0, 0.1) is 11.8 Å². The number of likely N-dealkylation sites (tertiary alicyclic amines) is 1. The van der Waals surface area contributed by atoms with Gasteiger partial charge in [-0.2, -0.15) is 0 Å². The minimum Gasteiger partial charge on any atom is -0.338 e. The number of urea groups is 1. The third-order valence-electron chi connectivity index (χ3n) is 4.62. The summed E-state index contributed by atoms with van der Waals surface area (Å²) in [5, 5.41) is 8.65. The number of rotatable bonds is 7. The van der Waals surface area contributed by atoms with Gasteiger partial charge in [-0.3, -0.25) is 4.79 Å². The molecule has 1 saturated heterocycles. The van der Waals surface area contributed by atoms with Crippen molar-refractivity contribution >= 4 is 23.3 Å². The summed E-state index contributed by atoms with van der Waals surface area (Å²) in [5.41, 5.74) is 1.45. The van der Waals surface area contributed by atoms with E-state index in [9.17, 15) is 9.59 Å². The van der Waals surface area contributed by atoms with Gasteiger partial charge in [0.15, 0.2) is 0 Å². The molecule has 6 nitrogen and oxygen atoms in total.